The summed E-state index contributed by atoms with van der Waals surface area (Å²) in [5.41, 5.74) is 8.31. The zero-order chi connectivity index (χ0) is 35.9. The van der Waals surface area contributed by atoms with Crippen LogP contribution >= 0.6 is 0 Å². The van der Waals surface area contributed by atoms with E-state index in [2.05, 4.69) is 15.0 Å². The molecule has 0 unspecified atom stereocenters. The molecule has 53 heavy (non-hydrogen) atoms. The zero-order valence-corrected chi connectivity index (χ0v) is 28.4. The van der Waals surface area contributed by atoms with E-state index < -0.39 is 0 Å². The molecule has 5 aromatic rings. The summed E-state index contributed by atoms with van der Waals surface area (Å²) in [6.07, 6.45) is 7.98. The van der Waals surface area contributed by atoms with Crippen molar-refractivity contribution in [1.82, 2.24) is 29.1 Å². The summed E-state index contributed by atoms with van der Waals surface area (Å²) in [7, 11) is 0. The second-order valence-corrected chi connectivity index (χ2v) is 13.0. The Morgan fingerprint density at radius 3 is 2.09 bits per heavy atom. The molecular weight excluding hydrogens is 665 g/mol. The Morgan fingerprint density at radius 2 is 1.36 bits per heavy atom. The third kappa shape index (κ3) is 6.12. The van der Waals surface area contributed by atoms with Gasteiger partial charge in [0.05, 0.1) is 29.8 Å². The molecule has 4 aliphatic rings. The monoisotopic (exact) mass is 696 g/mol. The van der Waals surface area contributed by atoms with Crippen LogP contribution in [0.3, 0.4) is 0 Å². The van der Waals surface area contributed by atoms with Gasteiger partial charge in [-0.15, -0.1) is 0 Å². The lowest BCUT2D eigenvalue weighted by Gasteiger charge is -2.14. The van der Waals surface area contributed by atoms with Crippen molar-refractivity contribution < 1.29 is 9.52 Å². The summed E-state index contributed by atoms with van der Waals surface area (Å²) < 4.78 is 8.69. The average Bonchev–Trinajstić information content (AvgIpc) is 3.91. The molecule has 4 aliphatic heterocycles. The Morgan fingerprint density at radius 1 is 0.660 bits per heavy atom. The molecule has 1 aromatic heterocycles. The summed E-state index contributed by atoms with van der Waals surface area (Å²) >= 11 is 0. The normalized spacial score (nSPS) is 11.5. The second kappa shape index (κ2) is 13.2. The molecule has 0 atom stereocenters. The van der Waals surface area contributed by atoms with E-state index >= 15 is 0 Å². The minimum atomic E-state index is -0.187. The topological polar surface area (TPSA) is 135 Å². The average molecular weight is 697 g/mol. The van der Waals surface area contributed by atoms with Crippen LogP contribution in [0.5, 0.6) is 5.75 Å². The van der Waals surface area contributed by atoms with E-state index in [1.54, 1.807) is 52.2 Å². The first kappa shape index (κ1) is 31.8. The Labute approximate surface area is 303 Å². The Kier molecular flexibility index (Phi) is 7.89. The van der Waals surface area contributed by atoms with Gasteiger partial charge in [-0.1, -0.05) is 91.0 Å². The van der Waals surface area contributed by atoms with Gasteiger partial charge in [-0.2, -0.15) is 0 Å². The van der Waals surface area contributed by atoms with E-state index in [0.717, 1.165) is 50.5 Å². The largest absolute Gasteiger partial charge is 0.508 e. The van der Waals surface area contributed by atoms with Crippen LogP contribution in [-0.4, -0.2) is 34.2 Å². The molecule has 9 rings (SSSR count). The molecule has 3 N–H and O–H groups in total. The Balaban J connectivity index is 1.03. The fourth-order valence-corrected chi connectivity index (χ4v) is 6.84. The number of H-pyrrole nitrogens is 2. The van der Waals surface area contributed by atoms with Crippen LogP contribution in [0.15, 0.2) is 154 Å². The number of furan rings is 1. The number of phenols is 1. The van der Waals surface area contributed by atoms with E-state index in [-0.39, 0.29) is 23.3 Å². The standard InChI is InChI=1S/C43H32N6O4/c50-32-18-17-31(21-36-42(51)48-25-38(44-24-40(48)46-36)29-8-3-1-4-9-29)34(22-32)28-15-13-27(14-16-28)20-35-41-47-37(23-33-12-7-19-53-33)43(52)49(41)26-39(45-35)30-10-5-2-6-11-30/h1-19,22,24-26,44-45,50H,20-21,23H2. The number of aromatic hydroxyl groups is 1. The molecule has 0 spiro atoms. The number of hydrogen-bond acceptors (Lipinski definition) is 6. The highest BCUT2D eigenvalue weighted by Crippen LogP contribution is 2.31. The number of rotatable bonds is 9. The summed E-state index contributed by atoms with van der Waals surface area (Å²) in [6, 6.07) is 36.6. The van der Waals surface area contributed by atoms with Crippen LogP contribution < -0.4 is 11.1 Å². The van der Waals surface area contributed by atoms with E-state index in [9.17, 15) is 14.7 Å². The molecule has 4 aromatic carbocycles. The van der Waals surface area contributed by atoms with Gasteiger partial charge in [-0.3, -0.25) is 18.7 Å². The number of aromatic nitrogens is 6. The molecule has 0 bridgehead atoms. The number of hydrogen-bond donors (Lipinski definition) is 3. The van der Waals surface area contributed by atoms with E-state index in [1.165, 1.54) is 0 Å². The number of benzene rings is 4. The molecule has 5 heterocycles. The molecule has 10 nitrogen and oxygen atoms in total. The number of nitrogens with zero attached hydrogens (tertiary/aromatic N) is 4. The zero-order valence-electron chi connectivity index (χ0n) is 28.4. The maximum absolute atomic E-state index is 13.6. The summed E-state index contributed by atoms with van der Waals surface area (Å²) in [6.45, 7) is 0. The third-order valence-corrected chi connectivity index (χ3v) is 9.51. The van der Waals surface area contributed by atoms with Crippen molar-refractivity contribution in [1.29, 1.82) is 0 Å². The molecule has 0 saturated carbocycles. The Bertz CT molecular complexity index is 2740. The fraction of sp³-hybridized carbons (Fsp3) is 0.0698. The van der Waals surface area contributed by atoms with Crippen molar-refractivity contribution in [2.75, 3.05) is 0 Å². The van der Waals surface area contributed by atoms with Crippen LogP contribution in [-0.2, 0) is 19.3 Å². The first-order valence-corrected chi connectivity index (χ1v) is 17.2. The second-order valence-electron chi connectivity index (χ2n) is 13.0. The van der Waals surface area contributed by atoms with Crippen LogP contribution in [0.1, 0.15) is 34.0 Å². The first-order chi connectivity index (χ1) is 26.0. The van der Waals surface area contributed by atoms with E-state index in [0.29, 0.717) is 41.6 Å². The van der Waals surface area contributed by atoms with Crippen molar-refractivity contribution in [3.63, 3.8) is 0 Å². The highest BCUT2D eigenvalue weighted by atomic mass is 16.3. The smallest absolute Gasteiger partial charge is 0.278 e. The van der Waals surface area contributed by atoms with Crippen molar-refractivity contribution in [2.45, 2.75) is 19.3 Å². The molecule has 10 heteroatoms. The minimum Gasteiger partial charge on any atom is -0.508 e. The molecule has 0 amide bonds. The number of phenolic OH excluding ortho intramolecular Hbond substituents is 1. The van der Waals surface area contributed by atoms with Crippen molar-refractivity contribution in [3.8, 4) is 51.0 Å². The molecule has 0 radical (unpaired) electrons. The number of fused-ring (bicyclic) bond motifs is 2. The summed E-state index contributed by atoms with van der Waals surface area (Å²) in [5, 5.41) is 10.5. The number of aromatic amines is 2. The van der Waals surface area contributed by atoms with E-state index in [4.69, 9.17) is 9.40 Å². The van der Waals surface area contributed by atoms with Crippen LogP contribution in [0.25, 0.3) is 45.3 Å². The molecule has 0 saturated heterocycles. The van der Waals surface area contributed by atoms with Gasteiger partial charge < -0.3 is 19.5 Å². The van der Waals surface area contributed by atoms with Crippen molar-refractivity contribution in [3.05, 3.63) is 195 Å². The van der Waals surface area contributed by atoms with Crippen LogP contribution in [0.2, 0.25) is 0 Å². The van der Waals surface area contributed by atoms with Crippen molar-refractivity contribution >= 4 is 0 Å². The van der Waals surface area contributed by atoms with Gasteiger partial charge in [-0.05, 0) is 57.6 Å². The Hall–Kier alpha value is -7.20. The number of imidazole rings is 2. The quantitative estimate of drug-likeness (QED) is 0.144. The lowest BCUT2D eigenvalue weighted by atomic mass is 9.95. The van der Waals surface area contributed by atoms with Gasteiger partial charge in [0.1, 0.15) is 22.9 Å². The maximum Gasteiger partial charge on any atom is 0.278 e. The summed E-state index contributed by atoms with van der Waals surface area (Å²) in [5.74, 6) is 1.89. The van der Waals surface area contributed by atoms with Crippen LogP contribution in [0.4, 0.5) is 0 Å². The van der Waals surface area contributed by atoms with Gasteiger partial charge in [0.25, 0.3) is 11.1 Å². The fourth-order valence-electron chi connectivity index (χ4n) is 6.84. The molecule has 258 valence electrons. The first-order valence-electron chi connectivity index (χ1n) is 17.2. The minimum absolute atomic E-state index is 0.125. The van der Waals surface area contributed by atoms with Gasteiger partial charge in [0, 0.05) is 31.4 Å². The molecule has 0 aliphatic carbocycles. The van der Waals surface area contributed by atoms with Gasteiger partial charge in [0.15, 0.2) is 11.6 Å². The lowest BCUT2D eigenvalue weighted by molar-refractivity contribution is 0.475. The molecular formula is C43H32N6O4. The van der Waals surface area contributed by atoms with Gasteiger partial charge in [0.2, 0.25) is 0 Å². The van der Waals surface area contributed by atoms with Gasteiger partial charge in [-0.25, -0.2) is 9.97 Å². The lowest BCUT2D eigenvalue weighted by Crippen LogP contribution is -2.17. The summed E-state index contributed by atoms with van der Waals surface area (Å²) in [4.78, 5) is 43.4. The predicted molar refractivity (Wildman–Crippen MR) is 202 cm³/mol. The number of nitrogens with one attached hydrogen (secondary N) is 2. The maximum atomic E-state index is 13.6. The van der Waals surface area contributed by atoms with E-state index in [1.807, 2.05) is 97.1 Å². The molecule has 0 fully saturated rings. The highest BCUT2D eigenvalue weighted by molar-refractivity contribution is 5.70. The SMILES string of the molecule is O=c1c(Cc2ccc(O)cc2-c2ccc(Cc3[nH]c(-c4ccccc4)cn4c(=O)c(Cc5ccco5)nc3-4)cc2)nc2c[nH]c(-c3ccccc3)cn1-2. The van der Waals surface area contributed by atoms with Gasteiger partial charge >= 0.3 is 0 Å². The highest BCUT2D eigenvalue weighted by Gasteiger charge is 2.22. The third-order valence-electron chi connectivity index (χ3n) is 9.51. The van der Waals surface area contributed by atoms with Crippen molar-refractivity contribution in [2.24, 2.45) is 0 Å². The predicted octanol–water partition coefficient (Wildman–Crippen LogP) is 7.38. The van der Waals surface area contributed by atoms with Crippen LogP contribution in [0, 0.1) is 0 Å².